The van der Waals surface area contributed by atoms with E-state index in [-0.39, 0.29) is 10.7 Å². The Morgan fingerprint density at radius 3 is 2.42 bits per heavy atom. The van der Waals surface area contributed by atoms with Gasteiger partial charge in [0, 0.05) is 5.41 Å². The molecule has 0 aliphatic heterocycles. The molecule has 1 atom stereocenters. The highest BCUT2D eigenvalue weighted by Crippen LogP contribution is 2.61. The summed E-state index contributed by atoms with van der Waals surface area (Å²) in [5.41, 5.74) is 1.64. The van der Waals surface area contributed by atoms with E-state index in [9.17, 15) is 4.79 Å². The summed E-state index contributed by atoms with van der Waals surface area (Å²) in [4.78, 5) is 17.9. The molecular weight excluding hydrogens is 318 g/mol. The van der Waals surface area contributed by atoms with Gasteiger partial charge < -0.3 is 4.42 Å². The molecule has 1 aromatic carbocycles. The van der Waals surface area contributed by atoms with Crippen LogP contribution in [0.5, 0.6) is 0 Å². The third-order valence-electron chi connectivity index (χ3n) is 6.48. The minimum absolute atomic E-state index is 0.0345. The van der Waals surface area contributed by atoms with Gasteiger partial charge in [-0.05, 0) is 75.3 Å². The average Bonchev–Trinajstić information content (AvgIpc) is 2.95. The predicted octanol–water partition coefficient (Wildman–Crippen LogP) is 5.09. The Morgan fingerprint density at radius 1 is 1.17 bits per heavy atom. The average molecular weight is 341 g/mol. The van der Waals surface area contributed by atoms with Gasteiger partial charge in [-0.3, -0.25) is 4.79 Å². The fourth-order valence-electron chi connectivity index (χ4n) is 5.95. The van der Waals surface area contributed by atoms with Gasteiger partial charge in [-0.25, -0.2) is 4.98 Å². The standard InChI is InChI=1S/C20H23NO2S/c1-12(24-19-21-16-4-2-3-5-17(16)23-19)18(22)20-9-13-6-14(10-20)8-15(7-13)11-20/h2-5,12-15H,6-11H2,1H3/t12-,13?,14?,15?,20?/m0/s1. The minimum Gasteiger partial charge on any atom is -0.431 e. The van der Waals surface area contributed by atoms with E-state index in [1.165, 1.54) is 31.0 Å². The quantitative estimate of drug-likeness (QED) is 0.726. The van der Waals surface area contributed by atoms with E-state index in [1.54, 1.807) is 0 Å². The lowest BCUT2D eigenvalue weighted by molar-refractivity contribution is -0.143. The zero-order valence-corrected chi connectivity index (χ0v) is 14.8. The van der Waals surface area contributed by atoms with Crippen LogP contribution >= 0.6 is 11.8 Å². The Kier molecular flexibility index (Phi) is 3.35. The van der Waals surface area contributed by atoms with Crippen molar-refractivity contribution in [3.63, 3.8) is 0 Å². The Labute approximate surface area is 146 Å². The molecule has 4 heteroatoms. The highest BCUT2D eigenvalue weighted by Gasteiger charge is 2.55. The van der Waals surface area contributed by atoms with Crippen molar-refractivity contribution in [3.8, 4) is 0 Å². The van der Waals surface area contributed by atoms with Gasteiger partial charge in [0.1, 0.15) is 5.52 Å². The molecule has 0 unspecified atom stereocenters. The monoisotopic (exact) mass is 341 g/mol. The number of ketones is 1. The molecule has 3 nitrogen and oxygen atoms in total. The van der Waals surface area contributed by atoms with Crippen molar-refractivity contribution in [2.45, 2.75) is 55.9 Å². The van der Waals surface area contributed by atoms with E-state index in [0.29, 0.717) is 11.0 Å². The Bertz CT molecular complexity index is 728. The van der Waals surface area contributed by atoms with E-state index in [2.05, 4.69) is 4.98 Å². The molecule has 0 radical (unpaired) electrons. The van der Waals surface area contributed by atoms with Crippen LogP contribution in [0.1, 0.15) is 45.4 Å². The SMILES string of the molecule is C[C@H](Sc1nc2ccccc2o1)C(=O)C12CC3CC(CC(C3)C1)C2. The Balaban J connectivity index is 1.36. The van der Waals surface area contributed by atoms with Crippen LogP contribution in [-0.2, 0) is 4.79 Å². The number of rotatable bonds is 4. The summed E-state index contributed by atoms with van der Waals surface area (Å²) >= 11 is 1.50. The highest BCUT2D eigenvalue weighted by molar-refractivity contribution is 8.00. The van der Waals surface area contributed by atoms with Gasteiger partial charge in [0.25, 0.3) is 5.22 Å². The smallest absolute Gasteiger partial charge is 0.257 e. The van der Waals surface area contributed by atoms with Gasteiger partial charge in [-0.15, -0.1) is 0 Å². The topological polar surface area (TPSA) is 43.1 Å². The van der Waals surface area contributed by atoms with E-state index in [1.807, 2.05) is 31.2 Å². The number of fused-ring (bicyclic) bond motifs is 1. The van der Waals surface area contributed by atoms with Crippen molar-refractivity contribution in [1.29, 1.82) is 0 Å². The maximum Gasteiger partial charge on any atom is 0.257 e. The van der Waals surface area contributed by atoms with E-state index >= 15 is 0 Å². The third-order valence-corrected chi connectivity index (χ3v) is 7.43. The molecule has 6 rings (SSSR count). The molecule has 0 N–H and O–H groups in total. The Morgan fingerprint density at radius 2 is 1.79 bits per heavy atom. The highest BCUT2D eigenvalue weighted by atomic mass is 32.2. The number of carbonyl (C=O) groups excluding carboxylic acids is 1. The first-order valence-electron chi connectivity index (χ1n) is 9.18. The van der Waals surface area contributed by atoms with Gasteiger partial charge in [0.15, 0.2) is 11.4 Å². The summed E-state index contributed by atoms with van der Waals surface area (Å²) in [5.74, 6) is 2.87. The van der Waals surface area contributed by atoms with Crippen molar-refractivity contribution in [2.24, 2.45) is 23.2 Å². The number of carbonyl (C=O) groups is 1. The number of Topliss-reactive ketones (excluding diaryl/α,β-unsaturated/α-hetero) is 1. The maximum atomic E-state index is 13.3. The van der Waals surface area contributed by atoms with Crippen molar-refractivity contribution in [2.75, 3.05) is 0 Å². The van der Waals surface area contributed by atoms with E-state index in [0.717, 1.165) is 48.1 Å². The summed E-state index contributed by atoms with van der Waals surface area (Å²) in [7, 11) is 0. The fraction of sp³-hybridized carbons (Fsp3) is 0.600. The molecule has 4 fully saturated rings. The maximum absolute atomic E-state index is 13.3. The molecule has 4 saturated carbocycles. The van der Waals surface area contributed by atoms with Crippen LogP contribution in [0.2, 0.25) is 0 Å². The first kappa shape index (κ1) is 15.0. The minimum atomic E-state index is -0.0747. The summed E-state index contributed by atoms with van der Waals surface area (Å²) in [6.45, 7) is 2.04. The van der Waals surface area contributed by atoms with E-state index in [4.69, 9.17) is 4.42 Å². The first-order valence-corrected chi connectivity index (χ1v) is 10.1. The number of hydrogen-bond donors (Lipinski definition) is 0. The number of nitrogens with zero attached hydrogens (tertiary/aromatic N) is 1. The molecule has 24 heavy (non-hydrogen) atoms. The van der Waals surface area contributed by atoms with Crippen LogP contribution in [0.3, 0.4) is 0 Å². The van der Waals surface area contributed by atoms with Crippen LogP contribution in [0.25, 0.3) is 11.1 Å². The van der Waals surface area contributed by atoms with Crippen molar-refractivity contribution < 1.29 is 9.21 Å². The van der Waals surface area contributed by atoms with Crippen LogP contribution in [0, 0.1) is 23.2 Å². The van der Waals surface area contributed by atoms with Crippen LogP contribution in [0.15, 0.2) is 33.9 Å². The first-order chi connectivity index (χ1) is 11.6. The molecule has 0 saturated heterocycles. The number of benzene rings is 1. The molecule has 4 aliphatic carbocycles. The lowest BCUT2D eigenvalue weighted by Gasteiger charge is -2.56. The molecule has 2 aromatic rings. The molecule has 0 amide bonds. The van der Waals surface area contributed by atoms with Gasteiger partial charge in [-0.1, -0.05) is 23.9 Å². The molecule has 0 spiro atoms. The number of para-hydroxylation sites is 2. The van der Waals surface area contributed by atoms with E-state index < -0.39 is 0 Å². The zero-order valence-electron chi connectivity index (χ0n) is 14.0. The number of hydrogen-bond acceptors (Lipinski definition) is 4. The van der Waals surface area contributed by atoms with Gasteiger partial charge in [0.2, 0.25) is 0 Å². The summed E-state index contributed by atoms with van der Waals surface area (Å²) in [5, 5.41) is 0.552. The zero-order chi connectivity index (χ0) is 16.3. The van der Waals surface area contributed by atoms with Crippen molar-refractivity contribution in [3.05, 3.63) is 24.3 Å². The summed E-state index contributed by atoms with van der Waals surface area (Å²) < 4.78 is 5.81. The van der Waals surface area contributed by atoms with Crippen molar-refractivity contribution in [1.82, 2.24) is 4.98 Å². The lowest BCUT2D eigenvalue weighted by Crippen LogP contribution is -2.51. The van der Waals surface area contributed by atoms with Crippen LogP contribution in [-0.4, -0.2) is 16.0 Å². The van der Waals surface area contributed by atoms with Crippen LogP contribution < -0.4 is 0 Å². The lowest BCUT2D eigenvalue weighted by atomic mass is 9.48. The van der Waals surface area contributed by atoms with Crippen LogP contribution in [0.4, 0.5) is 0 Å². The molecular formula is C20H23NO2S. The fourth-order valence-corrected chi connectivity index (χ4v) is 6.90. The number of thioether (sulfide) groups is 1. The second-order valence-electron chi connectivity index (χ2n) is 8.27. The van der Waals surface area contributed by atoms with Gasteiger partial charge in [-0.2, -0.15) is 0 Å². The number of oxazole rings is 1. The normalized spacial score (nSPS) is 35.5. The predicted molar refractivity (Wildman–Crippen MR) is 94.9 cm³/mol. The largest absolute Gasteiger partial charge is 0.431 e. The number of aromatic nitrogens is 1. The third kappa shape index (κ3) is 2.33. The molecule has 4 aliphatic rings. The second kappa shape index (κ2) is 5.35. The summed E-state index contributed by atoms with van der Waals surface area (Å²) in [6, 6.07) is 7.79. The Hall–Kier alpha value is -1.29. The molecule has 126 valence electrons. The summed E-state index contributed by atoms with van der Waals surface area (Å²) in [6.07, 6.45) is 7.53. The van der Waals surface area contributed by atoms with Gasteiger partial charge >= 0.3 is 0 Å². The molecule has 4 bridgehead atoms. The second-order valence-corrected chi connectivity index (χ2v) is 9.56. The van der Waals surface area contributed by atoms with Crippen molar-refractivity contribution >= 4 is 28.6 Å². The van der Waals surface area contributed by atoms with Gasteiger partial charge in [0.05, 0.1) is 5.25 Å². The molecule has 1 heterocycles. The molecule has 1 aromatic heterocycles.